The van der Waals surface area contributed by atoms with Gasteiger partial charge in [0.15, 0.2) is 0 Å². The van der Waals surface area contributed by atoms with Crippen LogP contribution in [0.3, 0.4) is 0 Å². The van der Waals surface area contributed by atoms with Crippen molar-refractivity contribution >= 4 is 12.4 Å². The highest BCUT2D eigenvalue weighted by Crippen LogP contribution is 2.24. The van der Waals surface area contributed by atoms with Gasteiger partial charge in [-0.05, 0) is 37.1 Å². The maximum atomic E-state index is 13.2. The van der Waals surface area contributed by atoms with Crippen LogP contribution in [0.1, 0.15) is 24.1 Å². The van der Waals surface area contributed by atoms with Crippen LogP contribution in [0.25, 0.3) is 0 Å². The number of nitrogens with one attached hydrogen (secondary N) is 1. The fraction of sp³-hybridized carbons (Fsp3) is 0.538. The first-order valence-corrected chi connectivity index (χ1v) is 5.89. The van der Waals surface area contributed by atoms with Gasteiger partial charge in [0, 0.05) is 32.2 Å². The summed E-state index contributed by atoms with van der Waals surface area (Å²) in [7, 11) is 0. The lowest BCUT2D eigenvalue weighted by Gasteiger charge is -2.33. The van der Waals surface area contributed by atoms with Gasteiger partial charge in [-0.15, -0.1) is 12.4 Å². The summed E-state index contributed by atoms with van der Waals surface area (Å²) in [4.78, 5) is 2.40. The van der Waals surface area contributed by atoms with Crippen LogP contribution < -0.4 is 5.32 Å². The fourth-order valence-corrected chi connectivity index (χ4v) is 2.33. The Morgan fingerprint density at radius 3 is 2.59 bits per heavy atom. The van der Waals surface area contributed by atoms with E-state index in [1.165, 1.54) is 11.6 Å². The van der Waals surface area contributed by atoms with E-state index >= 15 is 0 Å². The zero-order valence-corrected chi connectivity index (χ0v) is 11.2. The Kier molecular flexibility index (Phi) is 5.37. The number of piperazine rings is 1. The van der Waals surface area contributed by atoms with Crippen LogP contribution in [-0.4, -0.2) is 31.1 Å². The van der Waals surface area contributed by atoms with Crippen molar-refractivity contribution in [3.05, 3.63) is 35.1 Å². The number of hydrogen-bond acceptors (Lipinski definition) is 2. The third-order valence-corrected chi connectivity index (χ3v) is 3.39. The molecule has 2 nitrogen and oxygen atoms in total. The van der Waals surface area contributed by atoms with E-state index in [1.807, 2.05) is 13.0 Å². The molecule has 1 aliphatic rings. The second kappa shape index (κ2) is 6.34. The number of nitrogens with zero attached hydrogens (tertiary/aromatic N) is 1. The maximum absolute atomic E-state index is 13.2. The van der Waals surface area contributed by atoms with Gasteiger partial charge in [-0.1, -0.05) is 6.07 Å². The molecule has 4 heteroatoms. The molecule has 2 rings (SSSR count). The van der Waals surface area contributed by atoms with Gasteiger partial charge in [0.2, 0.25) is 0 Å². The van der Waals surface area contributed by atoms with E-state index < -0.39 is 0 Å². The molecular weight excluding hydrogens is 239 g/mol. The highest BCUT2D eigenvalue weighted by atomic mass is 35.5. The van der Waals surface area contributed by atoms with Crippen molar-refractivity contribution in [1.29, 1.82) is 0 Å². The predicted octanol–water partition coefficient (Wildman–Crippen LogP) is 2.52. The topological polar surface area (TPSA) is 15.3 Å². The van der Waals surface area contributed by atoms with Crippen molar-refractivity contribution in [1.82, 2.24) is 10.2 Å². The molecule has 1 N–H and O–H groups in total. The molecule has 0 aliphatic carbocycles. The van der Waals surface area contributed by atoms with E-state index in [0.29, 0.717) is 6.04 Å². The zero-order chi connectivity index (χ0) is 11.5. The third kappa shape index (κ3) is 3.41. The third-order valence-electron chi connectivity index (χ3n) is 3.39. The second-order valence-electron chi connectivity index (χ2n) is 4.46. The number of benzene rings is 1. The van der Waals surface area contributed by atoms with Gasteiger partial charge in [0.05, 0.1) is 0 Å². The molecule has 1 saturated heterocycles. The molecule has 0 saturated carbocycles. The Labute approximate surface area is 109 Å². The molecule has 0 amide bonds. The highest BCUT2D eigenvalue weighted by Gasteiger charge is 2.19. The molecular formula is C13H20ClFN2. The Balaban J connectivity index is 0.00000144. The smallest absolute Gasteiger partial charge is 0.123 e. The van der Waals surface area contributed by atoms with Gasteiger partial charge in [0.1, 0.15) is 5.82 Å². The minimum Gasteiger partial charge on any atom is -0.314 e. The van der Waals surface area contributed by atoms with E-state index in [1.54, 1.807) is 6.07 Å². The maximum Gasteiger partial charge on any atom is 0.123 e. The molecule has 1 fully saturated rings. The summed E-state index contributed by atoms with van der Waals surface area (Å²) in [5.41, 5.74) is 2.29. The lowest BCUT2D eigenvalue weighted by molar-refractivity contribution is 0.185. The Morgan fingerprint density at radius 1 is 1.29 bits per heavy atom. The normalized spacial score (nSPS) is 18.5. The number of aryl methyl sites for hydroxylation is 1. The molecule has 1 heterocycles. The molecule has 1 aromatic carbocycles. The van der Waals surface area contributed by atoms with Crippen molar-refractivity contribution in [2.24, 2.45) is 0 Å². The minimum atomic E-state index is -0.136. The van der Waals surface area contributed by atoms with Crippen molar-refractivity contribution < 1.29 is 4.39 Å². The first-order chi connectivity index (χ1) is 7.68. The van der Waals surface area contributed by atoms with Gasteiger partial charge >= 0.3 is 0 Å². The van der Waals surface area contributed by atoms with Crippen LogP contribution in [0, 0.1) is 12.7 Å². The van der Waals surface area contributed by atoms with Crippen LogP contribution in [0.2, 0.25) is 0 Å². The zero-order valence-electron chi connectivity index (χ0n) is 10.4. The lowest BCUT2D eigenvalue weighted by atomic mass is 10.0. The molecule has 1 aromatic rings. The SMILES string of the molecule is Cc1ccc(F)cc1[C@@H](C)N1CCNCC1.Cl. The van der Waals surface area contributed by atoms with Gasteiger partial charge in [-0.3, -0.25) is 4.90 Å². The monoisotopic (exact) mass is 258 g/mol. The molecule has 1 atom stereocenters. The highest BCUT2D eigenvalue weighted by molar-refractivity contribution is 5.85. The molecule has 0 unspecified atom stereocenters. The number of halogens is 2. The summed E-state index contributed by atoms with van der Waals surface area (Å²) in [5, 5.41) is 3.33. The molecule has 96 valence electrons. The first kappa shape index (κ1) is 14.4. The predicted molar refractivity (Wildman–Crippen MR) is 71.2 cm³/mol. The van der Waals surface area contributed by atoms with Gasteiger partial charge in [-0.25, -0.2) is 4.39 Å². The molecule has 1 aliphatic heterocycles. The average molecular weight is 259 g/mol. The molecule has 0 spiro atoms. The van der Waals surface area contributed by atoms with Crippen LogP contribution in [0.15, 0.2) is 18.2 Å². The fourth-order valence-electron chi connectivity index (χ4n) is 2.33. The Morgan fingerprint density at radius 2 is 1.94 bits per heavy atom. The summed E-state index contributed by atoms with van der Waals surface area (Å²) in [5.74, 6) is -0.136. The van der Waals surface area contributed by atoms with Crippen molar-refractivity contribution in [2.45, 2.75) is 19.9 Å². The van der Waals surface area contributed by atoms with Crippen molar-refractivity contribution in [2.75, 3.05) is 26.2 Å². The standard InChI is InChI=1S/C13H19FN2.ClH/c1-10-3-4-12(14)9-13(10)11(2)16-7-5-15-6-8-16;/h3-4,9,11,15H,5-8H2,1-2H3;1H/t11-;/m1./s1. The average Bonchev–Trinajstić information content (AvgIpc) is 2.32. The second-order valence-corrected chi connectivity index (χ2v) is 4.46. The van der Waals surface area contributed by atoms with E-state index in [0.717, 1.165) is 31.7 Å². The van der Waals surface area contributed by atoms with Gasteiger partial charge < -0.3 is 5.32 Å². The van der Waals surface area contributed by atoms with Crippen LogP contribution >= 0.6 is 12.4 Å². The van der Waals surface area contributed by atoms with Gasteiger partial charge in [-0.2, -0.15) is 0 Å². The molecule has 0 bridgehead atoms. The van der Waals surface area contributed by atoms with Crippen LogP contribution in [-0.2, 0) is 0 Å². The molecule has 0 aromatic heterocycles. The minimum absolute atomic E-state index is 0. The van der Waals surface area contributed by atoms with Crippen LogP contribution in [0.5, 0.6) is 0 Å². The van der Waals surface area contributed by atoms with Crippen molar-refractivity contribution in [3.8, 4) is 0 Å². The summed E-state index contributed by atoms with van der Waals surface area (Å²) in [6.07, 6.45) is 0. The summed E-state index contributed by atoms with van der Waals surface area (Å²) >= 11 is 0. The first-order valence-electron chi connectivity index (χ1n) is 5.89. The Hall–Kier alpha value is -0.640. The number of rotatable bonds is 2. The molecule has 0 radical (unpaired) electrons. The van der Waals surface area contributed by atoms with E-state index in [-0.39, 0.29) is 18.2 Å². The summed E-state index contributed by atoms with van der Waals surface area (Å²) in [6, 6.07) is 5.37. The van der Waals surface area contributed by atoms with E-state index in [9.17, 15) is 4.39 Å². The Bertz CT molecular complexity index is 364. The van der Waals surface area contributed by atoms with Crippen LogP contribution in [0.4, 0.5) is 4.39 Å². The van der Waals surface area contributed by atoms with Crippen molar-refractivity contribution in [3.63, 3.8) is 0 Å². The summed E-state index contributed by atoms with van der Waals surface area (Å²) < 4.78 is 13.2. The lowest BCUT2D eigenvalue weighted by Crippen LogP contribution is -2.44. The number of hydrogen-bond donors (Lipinski definition) is 1. The van der Waals surface area contributed by atoms with E-state index in [2.05, 4.69) is 17.1 Å². The van der Waals surface area contributed by atoms with E-state index in [4.69, 9.17) is 0 Å². The quantitative estimate of drug-likeness (QED) is 0.877. The van der Waals surface area contributed by atoms with Gasteiger partial charge in [0.25, 0.3) is 0 Å². The largest absolute Gasteiger partial charge is 0.314 e. The summed E-state index contributed by atoms with van der Waals surface area (Å²) in [6.45, 7) is 8.34. The molecule has 17 heavy (non-hydrogen) atoms.